The van der Waals surface area contributed by atoms with E-state index in [1.165, 1.54) is 0 Å². The van der Waals surface area contributed by atoms with Crippen molar-refractivity contribution >= 4 is 47.5 Å². The first kappa shape index (κ1) is 26.9. The van der Waals surface area contributed by atoms with Crippen molar-refractivity contribution in [2.75, 3.05) is 20.1 Å². The largest absolute Gasteiger partial charge is 0.460 e. The highest BCUT2D eigenvalue weighted by molar-refractivity contribution is 14.0. The zero-order chi connectivity index (χ0) is 20.1. The number of pyridine rings is 1. The summed E-state index contributed by atoms with van der Waals surface area (Å²) in [6, 6.07) is 3.78. The summed E-state index contributed by atoms with van der Waals surface area (Å²) in [6.45, 7) is 7.31. The third-order valence-corrected chi connectivity index (χ3v) is 3.96. The monoisotopic (exact) mass is 524 g/mol. The van der Waals surface area contributed by atoms with E-state index in [1.807, 2.05) is 26.8 Å². The first-order chi connectivity index (χ1) is 12.8. The van der Waals surface area contributed by atoms with Crippen molar-refractivity contribution in [3.63, 3.8) is 0 Å². The lowest BCUT2D eigenvalue weighted by molar-refractivity contribution is -0.154. The summed E-state index contributed by atoms with van der Waals surface area (Å²) in [5, 5.41) is 7.10. The minimum atomic E-state index is -0.395. The van der Waals surface area contributed by atoms with Gasteiger partial charge in [-0.1, -0.05) is 30.5 Å². The fraction of sp³-hybridized carbons (Fsp3) is 0.650. The number of nitrogens with one attached hydrogen (secondary N) is 2. The maximum absolute atomic E-state index is 11.6. The molecule has 1 aromatic heterocycles. The molecule has 0 amide bonds. The van der Waals surface area contributed by atoms with Crippen LogP contribution in [0.25, 0.3) is 0 Å². The average Bonchev–Trinajstić information content (AvgIpc) is 2.59. The Kier molecular flexibility index (Phi) is 14.3. The number of aromatic nitrogens is 1. The van der Waals surface area contributed by atoms with Gasteiger partial charge in [0.05, 0.1) is 0 Å². The normalized spacial score (nSPS) is 11.5. The first-order valence-corrected chi connectivity index (χ1v) is 9.95. The van der Waals surface area contributed by atoms with E-state index in [2.05, 4.69) is 20.6 Å². The van der Waals surface area contributed by atoms with E-state index in [9.17, 15) is 4.79 Å². The van der Waals surface area contributed by atoms with E-state index in [0.29, 0.717) is 11.6 Å². The van der Waals surface area contributed by atoms with Crippen LogP contribution >= 0.6 is 35.6 Å². The number of carbonyl (C=O) groups excluding carboxylic acids is 1. The Bertz CT molecular complexity index is 589. The van der Waals surface area contributed by atoms with Gasteiger partial charge in [0.1, 0.15) is 10.8 Å². The van der Waals surface area contributed by atoms with Gasteiger partial charge in [-0.25, -0.2) is 4.98 Å². The molecular formula is C20H34ClIN4O2. The lowest BCUT2D eigenvalue weighted by Gasteiger charge is -2.19. The first-order valence-electron chi connectivity index (χ1n) is 9.57. The van der Waals surface area contributed by atoms with Crippen molar-refractivity contribution in [3.8, 4) is 0 Å². The molecule has 0 aromatic carbocycles. The zero-order valence-corrected chi connectivity index (χ0v) is 20.5. The van der Waals surface area contributed by atoms with Gasteiger partial charge in [0.15, 0.2) is 5.96 Å². The summed E-state index contributed by atoms with van der Waals surface area (Å²) in [5.41, 5.74) is 0.737. The Morgan fingerprint density at radius 1 is 1.14 bits per heavy atom. The van der Waals surface area contributed by atoms with Crippen LogP contribution in [0, 0.1) is 0 Å². The highest BCUT2D eigenvalue weighted by Crippen LogP contribution is 2.11. The van der Waals surface area contributed by atoms with Gasteiger partial charge in [0.25, 0.3) is 0 Å². The summed E-state index contributed by atoms with van der Waals surface area (Å²) in [6.07, 6.45) is 7.15. The number of nitrogens with zero attached hydrogens (tertiary/aromatic N) is 2. The fourth-order valence-corrected chi connectivity index (χ4v) is 2.56. The number of hydrogen-bond donors (Lipinski definition) is 2. The molecule has 0 spiro atoms. The molecule has 8 heteroatoms. The van der Waals surface area contributed by atoms with Crippen molar-refractivity contribution in [1.29, 1.82) is 0 Å². The minimum Gasteiger partial charge on any atom is -0.460 e. The number of aliphatic imine (C=N–C) groups is 1. The summed E-state index contributed by atoms with van der Waals surface area (Å²) in [4.78, 5) is 19.9. The van der Waals surface area contributed by atoms with E-state index in [1.54, 1.807) is 19.3 Å². The van der Waals surface area contributed by atoms with Gasteiger partial charge >= 0.3 is 5.97 Å². The molecule has 0 bridgehead atoms. The van der Waals surface area contributed by atoms with Gasteiger partial charge in [-0.15, -0.1) is 24.0 Å². The second-order valence-electron chi connectivity index (χ2n) is 7.42. The summed E-state index contributed by atoms with van der Waals surface area (Å²) < 4.78 is 5.30. The fourth-order valence-electron chi connectivity index (χ4n) is 2.45. The van der Waals surface area contributed by atoms with E-state index in [0.717, 1.165) is 56.7 Å². The molecule has 1 rings (SSSR count). The molecule has 2 N–H and O–H groups in total. The second kappa shape index (κ2) is 14.8. The topological polar surface area (TPSA) is 75.6 Å². The highest BCUT2D eigenvalue weighted by Gasteiger charge is 2.15. The molecule has 0 radical (unpaired) electrons. The smallest absolute Gasteiger partial charge is 0.306 e. The molecule has 1 aromatic rings. The van der Waals surface area contributed by atoms with Crippen molar-refractivity contribution in [3.05, 3.63) is 29.0 Å². The summed E-state index contributed by atoms with van der Waals surface area (Å²) in [7, 11) is 1.76. The SMILES string of the molecule is CN=C(NCCCCCCC(=O)OC(C)(C)C)NCCc1ccc(Cl)nc1.I. The molecule has 0 saturated heterocycles. The van der Waals surface area contributed by atoms with Crippen LogP contribution in [-0.4, -0.2) is 42.7 Å². The van der Waals surface area contributed by atoms with Crippen molar-refractivity contribution in [2.45, 2.75) is 64.9 Å². The zero-order valence-electron chi connectivity index (χ0n) is 17.4. The molecule has 0 aliphatic carbocycles. The van der Waals surface area contributed by atoms with Crippen molar-refractivity contribution in [2.24, 2.45) is 4.99 Å². The molecule has 160 valence electrons. The Hall–Kier alpha value is -1.09. The van der Waals surface area contributed by atoms with Crippen molar-refractivity contribution in [1.82, 2.24) is 15.6 Å². The van der Waals surface area contributed by atoms with Crippen LogP contribution in [0.2, 0.25) is 5.15 Å². The number of hydrogen-bond acceptors (Lipinski definition) is 4. The van der Waals surface area contributed by atoms with Crippen LogP contribution in [0.4, 0.5) is 0 Å². The molecule has 6 nitrogen and oxygen atoms in total. The quantitative estimate of drug-likeness (QED) is 0.119. The predicted molar refractivity (Wildman–Crippen MR) is 127 cm³/mol. The number of guanidine groups is 1. The van der Waals surface area contributed by atoms with Gasteiger partial charge in [0, 0.05) is 32.8 Å². The number of unbranched alkanes of at least 4 members (excludes halogenated alkanes) is 3. The molecule has 0 unspecified atom stereocenters. The molecule has 0 aliphatic rings. The maximum atomic E-state index is 11.6. The lowest BCUT2D eigenvalue weighted by Crippen LogP contribution is -2.38. The maximum Gasteiger partial charge on any atom is 0.306 e. The summed E-state index contributed by atoms with van der Waals surface area (Å²) >= 11 is 5.78. The van der Waals surface area contributed by atoms with Crippen LogP contribution in [0.1, 0.15) is 58.4 Å². The molecule has 0 aliphatic heterocycles. The van der Waals surface area contributed by atoms with Gasteiger partial charge in [0.2, 0.25) is 0 Å². The molecule has 1 heterocycles. The van der Waals surface area contributed by atoms with Gasteiger partial charge in [-0.05, 0) is 51.7 Å². The summed E-state index contributed by atoms with van der Waals surface area (Å²) in [5.74, 6) is 0.687. The predicted octanol–water partition coefficient (Wildman–Crippen LogP) is 4.35. The molecular weight excluding hydrogens is 491 g/mol. The third kappa shape index (κ3) is 14.0. The van der Waals surface area contributed by atoms with E-state index in [-0.39, 0.29) is 29.9 Å². The molecule has 0 atom stereocenters. The number of ether oxygens (including phenoxy) is 1. The second-order valence-corrected chi connectivity index (χ2v) is 7.80. The Morgan fingerprint density at radius 2 is 1.82 bits per heavy atom. The van der Waals surface area contributed by atoms with Crippen LogP contribution in [0.15, 0.2) is 23.3 Å². The number of esters is 1. The van der Waals surface area contributed by atoms with Gasteiger partial charge in [-0.2, -0.15) is 0 Å². The van der Waals surface area contributed by atoms with Gasteiger partial charge in [-0.3, -0.25) is 9.79 Å². The van der Waals surface area contributed by atoms with Gasteiger partial charge < -0.3 is 15.4 Å². The number of rotatable bonds is 10. The Balaban J connectivity index is 0.00000729. The Morgan fingerprint density at radius 3 is 2.43 bits per heavy atom. The van der Waals surface area contributed by atoms with Crippen LogP contribution in [0.5, 0.6) is 0 Å². The van der Waals surface area contributed by atoms with Crippen LogP contribution in [-0.2, 0) is 16.0 Å². The third-order valence-electron chi connectivity index (χ3n) is 3.74. The number of carbonyl (C=O) groups is 1. The van der Waals surface area contributed by atoms with Crippen LogP contribution < -0.4 is 10.6 Å². The lowest BCUT2D eigenvalue weighted by atomic mass is 10.1. The van der Waals surface area contributed by atoms with E-state index in [4.69, 9.17) is 16.3 Å². The Labute approximate surface area is 191 Å². The molecule has 28 heavy (non-hydrogen) atoms. The standard InChI is InChI=1S/C20H33ClN4O2.HI/c1-20(2,3)27-18(26)9-7-5-6-8-13-23-19(22-4)24-14-12-16-10-11-17(21)25-15-16;/h10-11,15H,5-9,12-14H2,1-4H3,(H2,22,23,24);1H. The van der Waals surface area contributed by atoms with Crippen molar-refractivity contribution < 1.29 is 9.53 Å². The molecule has 0 fully saturated rings. The average molecular weight is 525 g/mol. The van der Waals surface area contributed by atoms with Crippen LogP contribution in [0.3, 0.4) is 0 Å². The molecule has 0 saturated carbocycles. The minimum absolute atomic E-state index is 0. The highest BCUT2D eigenvalue weighted by atomic mass is 127. The van der Waals surface area contributed by atoms with E-state index >= 15 is 0 Å². The van der Waals surface area contributed by atoms with E-state index < -0.39 is 5.60 Å². The number of halogens is 2.